The van der Waals surface area contributed by atoms with E-state index in [1.807, 2.05) is 18.2 Å². The number of methoxy groups -OCH3 is 1. The van der Waals surface area contributed by atoms with Gasteiger partial charge in [-0.3, -0.25) is 9.69 Å². The van der Waals surface area contributed by atoms with E-state index < -0.39 is 0 Å². The molecule has 0 unspecified atom stereocenters. The molecule has 18 heavy (non-hydrogen) atoms. The molecule has 0 bridgehead atoms. The Kier molecular flexibility index (Phi) is 4.76. The zero-order valence-electron chi connectivity index (χ0n) is 11.0. The van der Waals surface area contributed by atoms with Crippen LogP contribution in [-0.2, 0) is 6.54 Å². The van der Waals surface area contributed by atoms with Gasteiger partial charge in [-0.15, -0.1) is 0 Å². The Bertz CT molecular complexity index is 395. The normalized spacial score (nSPS) is 17.2. The van der Waals surface area contributed by atoms with Gasteiger partial charge in [0.2, 0.25) is 0 Å². The molecule has 1 heterocycles. The van der Waals surface area contributed by atoms with Gasteiger partial charge in [0, 0.05) is 12.1 Å². The number of hydrogen-bond donors (Lipinski definition) is 0. The molecule has 0 amide bonds. The summed E-state index contributed by atoms with van der Waals surface area (Å²) in [5.41, 5.74) is 1.85. The van der Waals surface area contributed by atoms with Crippen molar-refractivity contribution >= 4 is 6.29 Å². The van der Waals surface area contributed by atoms with E-state index in [0.717, 1.165) is 42.8 Å². The van der Waals surface area contributed by atoms with Crippen molar-refractivity contribution in [2.24, 2.45) is 0 Å². The van der Waals surface area contributed by atoms with E-state index in [0.29, 0.717) is 0 Å². The molecule has 1 aliphatic heterocycles. The summed E-state index contributed by atoms with van der Waals surface area (Å²) in [5.74, 6) is 0.824. The fourth-order valence-corrected chi connectivity index (χ4v) is 2.50. The summed E-state index contributed by atoms with van der Waals surface area (Å²) >= 11 is 0. The summed E-state index contributed by atoms with van der Waals surface area (Å²) in [5, 5.41) is 0. The van der Waals surface area contributed by atoms with Crippen molar-refractivity contribution in [3.63, 3.8) is 0 Å². The fourth-order valence-electron chi connectivity index (χ4n) is 2.50. The Hall–Kier alpha value is -1.35. The van der Waals surface area contributed by atoms with Crippen LogP contribution in [0.5, 0.6) is 5.75 Å². The van der Waals surface area contributed by atoms with E-state index in [4.69, 9.17) is 4.74 Å². The van der Waals surface area contributed by atoms with Crippen LogP contribution in [0.25, 0.3) is 0 Å². The number of hydrogen-bond acceptors (Lipinski definition) is 3. The van der Waals surface area contributed by atoms with Crippen molar-refractivity contribution < 1.29 is 9.53 Å². The lowest BCUT2D eigenvalue weighted by Gasteiger charge is -2.20. The van der Waals surface area contributed by atoms with E-state index in [1.54, 1.807) is 7.11 Å². The van der Waals surface area contributed by atoms with Gasteiger partial charge in [0.05, 0.1) is 7.11 Å². The molecular formula is C15H21NO2. The minimum atomic E-state index is 0.778. The maximum atomic E-state index is 11.1. The van der Waals surface area contributed by atoms with Gasteiger partial charge in [-0.25, -0.2) is 0 Å². The van der Waals surface area contributed by atoms with Crippen molar-refractivity contribution in [2.75, 3.05) is 20.2 Å². The van der Waals surface area contributed by atoms with Crippen LogP contribution < -0.4 is 4.74 Å². The van der Waals surface area contributed by atoms with E-state index in [-0.39, 0.29) is 0 Å². The minimum absolute atomic E-state index is 0.778. The third-order valence-electron chi connectivity index (χ3n) is 3.57. The number of likely N-dealkylation sites (tertiary alicyclic amines) is 1. The summed E-state index contributed by atoms with van der Waals surface area (Å²) < 4.78 is 5.23. The Labute approximate surface area is 109 Å². The second-order valence-corrected chi connectivity index (χ2v) is 4.87. The van der Waals surface area contributed by atoms with Gasteiger partial charge in [-0.05, 0) is 49.7 Å². The predicted octanol–water partition coefficient (Wildman–Crippen LogP) is 2.88. The van der Waals surface area contributed by atoms with Crippen molar-refractivity contribution in [3.05, 3.63) is 29.3 Å². The monoisotopic (exact) mass is 247 g/mol. The highest BCUT2D eigenvalue weighted by Gasteiger charge is 2.12. The summed E-state index contributed by atoms with van der Waals surface area (Å²) in [4.78, 5) is 13.5. The predicted molar refractivity (Wildman–Crippen MR) is 72.1 cm³/mol. The first-order chi connectivity index (χ1) is 8.83. The van der Waals surface area contributed by atoms with Crippen LogP contribution >= 0.6 is 0 Å². The molecule has 98 valence electrons. The summed E-state index contributed by atoms with van der Waals surface area (Å²) in [6, 6.07) is 5.67. The van der Waals surface area contributed by atoms with E-state index in [1.165, 1.54) is 25.7 Å². The van der Waals surface area contributed by atoms with Crippen LogP contribution in [0.4, 0.5) is 0 Å². The SMILES string of the molecule is COc1ccc(C=O)c(CN2CCCCCC2)c1. The Morgan fingerprint density at radius 2 is 1.94 bits per heavy atom. The average Bonchev–Trinajstić information content (AvgIpc) is 2.67. The maximum absolute atomic E-state index is 11.1. The number of nitrogens with zero attached hydrogens (tertiary/aromatic N) is 1. The molecule has 0 N–H and O–H groups in total. The largest absolute Gasteiger partial charge is 0.497 e. The zero-order valence-corrected chi connectivity index (χ0v) is 11.0. The van der Waals surface area contributed by atoms with Crippen LogP contribution in [-0.4, -0.2) is 31.4 Å². The first-order valence-corrected chi connectivity index (χ1v) is 6.68. The highest BCUT2D eigenvalue weighted by atomic mass is 16.5. The van der Waals surface area contributed by atoms with Gasteiger partial charge in [0.25, 0.3) is 0 Å². The number of aldehydes is 1. The quantitative estimate of drug-likeness (QED) is 0.766. The second-order valence-electron chi connectivity index (χ2n) is 4.87. The number of benzene rings is 1. The highest BCUT2D eigenvalue weighted by molar-refractivity contribution is 5.77. The number of rotatable bonds is 4. The van der Waals surface area contributed by atoms with Gasteiger partial charge in [0.1, 0.15) is 12.0 Å². The van der Waals surface area contributed by atoms with Crippen molar-refractivity contribution in [1.29, 1.82) is 0 Å². The molecule has 1 fully saturated rings. The topological polar surface area (TPSA) is 29.5 Å². The number of ether oxygens (including phenoxy) is 1. The molecule has 3 heteroatoms. The molecule has 1 aliphatic rings. The van der Waals surface area contributed by atoms with Crippen molar-refractivity contribution in [2.45, 2.75) is 32.2 Å². The molecular weight excluding hydrogens is 226 g/mol. The number of carbonyl (C=O) groups is 1. The van der Waals surface area contributed by atoms with Crippen LogP contribution in [0.1, 0.15) is 41.6 Å². The van der Waals surface area contributed by atoms with Crippen LogP contribution in [0.15, 0.2) is 18.2 Å². The maximum Gasteiger partial charge on any atom is 0.150 e. The summed E-state index contributed by atoms with van der Waals surface area (Å²) in [6.45, 7) is 3.12. The van der Waals surface area contributed by atoms with Gasteiger partial charge in [-0.1, -0.05) is 12.8 Å². The highest BCUT2D eigenvalue weighted by Crippen LogP contribution is 2.20. The molecule has 2 rings (SSSR count). The molecule has 1 aromatic carbocycles. The molecule has 0 spiro atoms. The minimum Gasteiger partial charge on any atom is -0.497 e. The first-order valence-electron chi connectivity index (χ1n) is 6.68. The van der Waals surface area contributed by atoms with Crippen LogP contribution in [0.3, 0.4) is 0 Å². The van der Waals surface area contributed by atoms with E-state index in [2.05, 4.69) is 4.90 Å². The molecule has 0 radical (unpaired) electrons. The van der Waals surface area contributed by atoms with Gasteiger partial charge in [0.15, 0.2) is 0 Å². The average molecular weight is 247 g/mol. The first kappa shape index (κ1) is 13.1. The molecule has 0 aromatic heterocycles. The fraction of sp³-hybridized carbons (Fsp3) is 0.533. The Balaban J connectivity index is 2.12. The number of carbonyl (C=O) groups excluding carboxylic acids is 1. The van der Waals surface area contributed by atoms with Crippen LogP contribution in [0, 0.1) is 0 Å². The lowest BCUT2D eigenvalue weighted by atomic mass is 10.1. The van der Waals surface area contributed by atoms with Crippen molar-refractivity contribution in [3.8, 4) is 5.75 Å². The van der Waals surface area contributed by atoms with Gasteiger partial charge < -0.3 is 4.74 Å². The van der Waals surface area contributed by atoms with E-state index in [9.17, 15) is 4.79 Å². The smallest absolute Gasteiger partial charge is 0.150 e. The summed E-state index contributed by atoms with van der Waals surface area (Å²) in [6.07, 6.45) is 6.12. The van der Waals surface area contributed by atoms with Crippen LogP contribution in [0.2, 0.25) is 0 Å². The lowest BCUT2D eigenvalue weighted by molar-refractivity contribution is 0.112. The second kappa shape index (κ2) is 6.55. The van der Waals surface area contributed by atoms with E-state index >= 15 is 0 Å². The van der Waals surface area contributed by atoms with Crippen molar-refractivity contribution in [1.82, 2.24) is 4.90 Å². The standard InChI is InChI=1S/C15H21NO2/c1-18-15-7-6-13(12-17)14(10-15)11-16-8-4-2-3-5-9-16/h6-7,10,12H,2-5,8-9,11H2,1H3. The van der Waals surface area contributed by atoms with Gasteiger partial charge >= 0.3 is 0 Å². The molecule has 0 atom stereocenters. The Morgan fingerprint density at radius 1 is 1.22 bits per heavy atom. The van der Waals surface area contributed by atoms with Gasteiger partial charge in [-0.2, -0.15) is 0 Å². The molecule has 3 nitrogen and oxygen atoms in total. The molecule has 1 aromatic rings. The molecule has 0 aliphatic carbocycles. The lowest BCUT2D eigenvalue weighted by Crippen LogP contribution is -2.24. The Morgan fingerprint density at radius 3 is 2.56 bits per heavy atom. The third kappa shape index (κ3) is 3.33. The zero-order chi connectivity index (χ0) is 12.8. The third-order valence-corrected chi connectivity index (χ3v) is 3.57. The molecule has 0 saturated carbocycles. The molecule has 1 saturated heterocycles. The summed E-state index contributed by atoms with van der Waals surface area (Å²) in [7, 11) is 1.66.